The van der Waals surface area contributed by atoms with Gasteiger partial charge < -0.3 is 14.5 Å². The lowest BCUT2D eigenvalue weighted by molar-refractivity contribution is -0.114. The number of ketones is 1. The summed E-state index contributed by atoms with van der Waals surface area (Å²) in [4.78, 5) is 37.4. The molecule has 1 amide bonds. The Bertz CT molecular complexity index is 1470. The number of nitrogens with one attached hydrogen (secondary N) is 1. The van der Waals surface area contributed by atoms with Crippen molar-refractivity contribution in [3.05, 3.63) is 92.6 Å². The zero-order valence-electron chi connectivity index (χ0n) is 18.9. The minimum Gasteiger partial charge on any atom is -0.478 e. The van der Waals surface area contributed by atoms with Crippen molar-refractivity contribution < 1.29 is 18.7 Å². The first-order valence-corrected chi connectivity index (χ1v) is 11.0. The highest BCUT2D eigenvalue weighted by Gasteiger charge is 2.22. The highest BCUT2D eigenvalue weighted by Crippen LogP contribution is 2.36. The second-order valence-electron chi connectivity index (χ2n) is 8.00. The van der Waals surface area contributed by atoms with E-state index in [-0.39, 0.29) is 35.2 Å². The predicted molar refractivity (Wildman–Crippen MR) is 133 cm³/mol. The van der Waals surface area contributed by atoms with Gasteiger partial charge in [0.2, 0.25) is 17.1 Å². The molecule has 0 aliphatic rings. The number of halogens is 1. The average molecular weight is 476 g/mol. The van der Waals surface area contributed by atoms with Gasteiger partial charge in [-0.2, -0.15) is 0 Å². The van der Waals surface area contributed by atoms with E-state index in [1.165, 1.54) is 6.92 Å². The molecule has 0 fully saturated rings. The number of hydrogen-bond donors (Lipinski definition) is 1. The molecule has 1 heterocycles. The fourth-order valence-electron chi connectivity index (χ4n) is 3.75. The van der Waals surface area contributed by atoms with E-state index < -0.39 is 0 Å². The number of benzene rings is 3. The summed E-state index contributed by atoms with van der Waals surface area (Å²) in [7, 11) is 0. The Hall–Kier alpha value is -3.90. The number of aryl methyl sites for hydroxylation is 2. The molecule has 0 saturated heterocycles. The van der Waals surface area contributed by atoms with Crippen LogP contribution in [-0.2, 0) is 4.79 Å². The molecule has 172 valence electrons. The van der Waals surface area contributed by atoms with Crippen LogP contribution in [0.5, 0.6) is 5.75 Å². The smallest absolute Gasteiger partial charge is 0.235 e. The van der Waals surface area contributed by atoms with Crippen molar-refractivity contribution in [3.8, 4) is 17.1 Å². The van der Waals surface area contributed by atoms with E-state index in [4.69, 9.17) is 20.8 Å². The van der Waals surface area contributed by atoms with Crippen LogP contribution in [0.2, 0.25) is 5.02 Å². The van der Waals surface area contributed by atoms with Crippen molar-refractivity contribution >= 4 is 39.9 Å². The number of hydrogen-bond acceptors (Lipinski definition) is 5. The van der Waals surface area contributed by atoms with Gasteiger partial charge in [0.05, 0.1) is 10.4 Å². The van der Waals surface area contributed by atoms with Gasteiger partial charge in [0.25, 0.3) is 0 Å². The van der Waals surface area contributed by atoms with Gasteiger partial charge in [-0.1, -0.05) is 29.8 Å². The number of fused-ring (bicyclic) bond motifs is 1. The molecule has 0 unspecified atom stereocenters. The molecule has 0 saturated carbocycles. The summed E-state index contributed by atoms with van der Waals surface area (Å²) >= 11 is 6.39. The molecule has 7 heteroatoms. The molecule has 1 aromatic heterocycles. The summed E-state index contributed by atoms with van der Waals surface area (Å²) in [5, 5.41) is 3.40. The Labute approximate surface area is 201 Å². The van der Waals surface area contributed by atoms with Crippen LogP contribution in [0.1, 0.15) is 28.4 Å². The quantitative estimate of drug-likeness (QED) is 0.348. The first-order chi connectivity index (χ1) is 16.2. The summed E-state index contributed by atoms with van der Waals surface area (Å²) in [6, 6.07) is 17.0. The van der Waals surface area contributed by atoms with Crippen molar-refractivity contribution in [1.29, 1.82) is 0 Å². The number of anilines is 1. The van der Waals surface area contributed by atoms with E-state index in [0.29, 0.717) is 32.8 Å². The minimum absolute atomic E-state index is 0.0752. The third kappa shape index (κ3) is 4.72. The fourth-order valence-corrected chi connectivity index (χ4v) is 3.97. The number of Topliss-reactive ketones (excluding diaryl/α,β-unsaturated/α-hetero) is 1. The summed E-state index contributed by atoms with van der Waals surface area (Å²) in [6.45, 7) is 4.78. The van der Waals surface area contributed by atoms with Crippen molar-refractivity contribution in [3.63, 3.8) is 0 Å². The summed E-state index contributed by atoms with van der Waals surface area (Å²) < 4.78 is 11.9. The standard InChI is InChI=1S/C27H22ClNO5/c1-15-12-16(2)25-21(13-15)24(32)27(26(34-25)20-6-4-5-7-22(20)28)33-14-23(31)18-8-10-19(11-9-18)29-17(3)30/h4-13H,14H2,1-3H3,(H,29,30). The number of carbonyl (C=O) groups is 2. The maximum absolute atomic E-state index is 13.5. The lowest BCUT2D eigenvalue weighted by atomic mass is 10.1. The first kappa shape index (κ1) is 23.3. The Morgan fingerprint density at radius 2 is 1.74 bits per heavy atom. The van der Waals surface area contributed by atoms with Crippen LogP contribution in [0.15, 0.2) is 69.9 Å². The molecule has 0 aliphatic carbocycles. The predicted octanol–water partition coefficient (Wildman–Crippen LogP) is 5.95. The molecule has 0 bridgehead atoms. The monoisotopic (exact) mass is 475 g/mol. The van der Waals surface area contributed by atoms with Crippen molar-refractivity contribution in [2.45, 2.75) is 20.8 Å². The van der Waals surface area contributed by atoms with E-state index in [9.17, 15) is 14.4 Å². The molecule has 0 atom stereocenters. The van der Waals surface area contributed by atoms with Crippen molar-refractivity contribution in [1.82, 2.24) is 0 Å². The molecule has 0 aliphatic heterocycles. The molecule has 34 heavy (non-hydrogen) atoms. The van der Waals surface area contributed by atoms with Crippen LogP contribution in [0.4, 0.5) is 5.69 Å². The second-order valence-corrected chi connectivity index (χ2v) is 8.41. The van der Waals surface area contributed by atoms with Crippen molar-refractivity contribution in [2.24, 2.45) is 0 Å². The largest absolute Gasteiger partial charge is 0.478 e. The van der Waals surface area contributed by atoms with Gasteiger partial charge in [-0.05, 0) is 67.4 Å². The van der Waals surface area contributed by atoms with Gasteiger partial charge in [0.15, 0.2) is 18.2 Å². The van der Waals surface area contributed by atoms with Crippen LogP contribution < -0.4 is 15.5 Å². The third-order valence-corrected chi connectivity index (χ3v) is 5.60. The third-order valence-electron chi connectivity index (χ3n) is 5.27. The molecule has 6 nitrogen and oxygen atoms in total. The van der Waals surface area contributed by atoms with E-state index in [1.807, 2.05) is 19.9 Å². The van der Waals surface area contributed by atoms with Crippen LogP contribution >= 0.6 is 11.6 Å². The fraction of sp³-hybridized carbons (Fsp3) is 0.148. The van der Waals surface area contributed by atoms with Gasteiger partial charge in [-0.15, -0.1) is 0 Å². The molecule has 3 aromatic carbocycles. The van der Waals surface area contributed by atoms with Gasteiger partial charge >= 0.3 is 0 Å². The topological polar surface area (TPSA) is 85.6 Å². The zero-order chi connectivity index (χ0) is 24.4. The number of amides is 1. The Morgan fingerprint density at radius 1 is 1.03 bits per heavy atom. The van der Waals surface area contributed by atoms with Gasteiger partial charge in [-0.25, -0.2) is 0 Å². The Balaban J connectivity index is 1.74. The van der Waals surface area contributed by atoms with Gasteiger partial charge in [-0.3, -0.25) is 14.4 Å². The minimum atomic E-state index is -0.378. The first-order valence-electron chi connectivity index (χ1n) is 10.6. The van der Waals surface area contributed by atoms with Crippen LogP contribution in [-0.4, -0.2) is 18.3 Å². The highest BCUT2D eigenvalue weighted by molar-refractivity contribution is 6.33. The highest BCUT2D eigenvalue weighted by atomic mass is 35.5. The van der Waals surface area contributed by atoms with E-state index >= 15 is 0 Å². The Morgan fingerprint density at radius 3 is 2.41 bits per heavy atom. The second kappa shape index (κ2) is 9.53. The van der Waals surface area contributed by atoms with Gasteiger partial charge in [0, 0.05) is 23.7 Å². The Kier molecular flexibility index (Phi) is 6.52. The van der Waals surface area contributed by atoms with Gasteiger partial charge in [0.1, 0.15) is 5.58 Å². The molecule has 0 spiro atoms. The van der Waals surface area contributed by atoms with E-state index in [2.05, 4.69) is 5.32 Å². The lowest BCUT2D eigenvalue weighted by Gasteiger charge is -2.14. The van der Waals surface area contributed by atoms with Crippen molar-refractivity contribution in [2.75, 3.05) is 11.9 Å². The maximum atomic E-state index is 13.5. The number of rotatable bonds is 6. The molecule has 4 rings (SSSR count). The summed E-state index contributed by atoms with van der Waals surface area (Å²) in [5.74, 6) is -0.444. The molecule has 4 aromatic rings. The van der Waals surface area contributed by atoms with E-state index in [0.717, 1.165) is 11.1 Å². The molecular weight excluding hydrogens is 454 g/mol. The zero-order valence-corrected chi connectivity index (χ0v) is 19.7. The van der Waals surface area contributed by atoms with Crippen LogP contribution in [0.3, 0.4) is 0 Å². The number of carbonyl (C=O) groups excluding carboxylic acids is 2. The molecule has 0 radical (unpaired) electrons. The van der Waals surface area contributed by atoms with Crippen LogP contribution in [0, 0.1) is 13.8 Å². The average Bonchev–Trinajstić information content (AvgIpc) is 2.79. The lowest BCUT2D eigenvalue weighted by Crippen LogP contribution is -2.17. The van der Waals surface area contributed by atoms with E-state index in [1.54, 1.807) is 54.6 Å². The number of ether oxygens (including phenoxy) is 1. The normalized spacial score (nSPS) is 10.8. The SMILES string of the molecule is CC(=O)Nc1ccc(C(=O)COc2c(-c3ccccc3Cl)oc3c(C)cc(C)cc3c2=O)cc1. The molecular formula is C27H22ClNO5. The maximum Gasteiger partial charge on any atom is 0.235 e. The summed E-state index contributed by atoms with van der Waals surface area (Å²) in [5.41, 5.74) is 3.23. The molecule has 1 N–H and O–H groups in total. The summed E-state index contributed by atoms with van der Waals surface area (Å²) in [6.07, 6.45) is 0. The van der Waals surface area contributed by atoms with Crippen LogP contribution in [0.25, 0.3) is 22.3 Å².